The molecule has 0 saturated heterocycles. The molecule has 0 aliphatic rings. The highest BCUT2D eigenvalue weighted by molar-refractivity contribution is 6.04. The lowest BCUT2D eigenvalue weighted by atomic mass is 10.2. The highest BCUT2D eigenvalue weighted by Crippen LogP contribution is 2.18. The summed E-state index contributed by atoms with van der Waals surface area (Å²) in [6.07, 6.45) is 1.60. The van der Waals surface area contributed by atoms with E-state index in [-0.39, 0.29) is 12.5 Å². The van der Waals surface area contributed by atoms with E-state index in [1.165, 1.54) is 5.56 Å². The summed E-state index contributed by atoms with van der Waals surface area (Å²) in [7, 11) is 0. The first-order valence-corrected chi connectivity index (χ1v) is 9.40. The lowest BCUT2D eigenvalue weighted by Crippen LogP contribution is -2.36. The second-order valence-corrected chi connectivity index (χ2v) is 6.59. The number of anilines is 1. The van der Waals surface area contributed by atoms with Crippen LogP contribution in [0.4, 0.5) is 5.69 Å². The van der Waals surface area contributed by atoms with E-state index >= 15 is 0 Å². The highest BCUT2D eigenvalue weighted by atomic mass is 16.5. The lowest BCUT2D eigenvalue weighted by molar-refractivity contribution is -0.124. The van der Waals surface area contributed by atoms with Gasteiger partial charge in [-0.3, -0.25) is 4.79 Å². The molecule has 2 aromatic carbocycles. The van der Waals surface area contributed by atoms with Crippen LogP contribution in [0, 0.1) is 6.92 Å². The lowest BCUT2D eigenvalue weighted by Gasteiger charge is -2.23. The van der Waals surface area contributed by atoms with Crippen LogP contribution in [-0.4, -0.2) is 43.1 Å². The second-order valence-electron chi connectivity index (χ2n) is 6.59. The first kappa shape index (κ1) is 19.5. The zero-order valence-corrected chi connectivity index (χ0v) is 16.2. The second kappa shape index (κ2) is 9.08. The van der Waals surface area contributed by atoms with Crippen molar-refractivity contribution in [1.82, 2.24) is 10.3 Å². The summed E-state index contributed by atoms with van der Waals surface area (Å²) in [4.78, 5) is 29.5. The van der Waals surface area contributed by atoms with Gasteiger partial charge in [0.25, 0.3) is 5.91 Å². The minimum Gasteiger partial charge on any atom is -0.452 e. The van der Waals surface area contributed by atoms with Crippen molar-refractivity contribution in [3.63, 3.8) is 0 Å². The number of aromatic nitrogens is 1. The fourth-order valence-electron chi connectivity index (χ4n) is 3.13. The number of benzene rings is 2. The molecule has 0 fully saturated rings. The Bertz CT molecular complexity index is 964. The zero-order valence-electron chi connectivity index (χ0n) is 16.2. The van der Waals surface area contributed by atoms with Crippen LogP contribution in [0.5, 0.6) is 0 Å². The van der Waals surface area contributed by atoms with Crippen LogP contribution in [0.2, 0.25) is 0 Å². The monoisotopic (exact) mass is 379 g/mol. The van der Waals surface area contributed by atoms with Crippen molar-refractivity contribution >= 4 is 28.5 Å². The maximum atomic E-state index is 12.2. The first-order chi connectivity index (χ1) is 13.6. The number of hydrogen-bond acceptors (Lipinski definition) is 4. The van der Waals surface area contributed by atoms with Gasteiger partial charge in [-0.05, 0) is 37.6 Å². The number of likely N-dealkylation sites (N-methyl/N-ethyl adjacent to an activating group) is 1. The smallest absolute Gasteiger partial charge is 0.340 e. The highest BCUT2D eigenvalue weighted by Gasteiger charge is 2.14. The summed E-state index contributed by atoms with van der Waals surface area (Å²) in [5.74, 6) is -0.823. The Morgan fingerprint density at radius 3 is 2.75 bits per heavy atom. The van der Waals surface area contributed by atoms with Crippen LogP contribution in [-0.2, 0) is 9.53 Å². The Balaban J connectivity index is 1.46. The molecule has 6 nitrogen and oxygen atoms in total. The van der Waals surface area contributed by atoms with Gasteiger partial charge >= 0.3 is 5.97 Å². The number of para-hydroxylation sites is 1. The number of ether oxygens (including phenoxy) is 1. The number of fused-ring (bicyclic) bond motifs is 1. The summed E-state index contributed by atoms with van der Waals surface area (Å²) in [5.41, 5.74) is 3.61. The fourth-order valence-corrected chi connectivity index (χ4v) is 3.13. The number of amides is 1. The molecule has 1 aromatic heterocycles. The molecule has 1 amide bonds. The van der Waals surface area contributed by atoms with E-state index in [1.54, 1.807) is 6.20 Å². The number of rotatable bonds is 8. The molecule has 1 heterocycles. The minimum atomic E-state index is -0.512. The predicted octanol–water partition coefficient (Wildman–Crippen LogP) is 3.28. The van der Waals surface area contributed by atoms with Crippen molar-refractivity contribution in [2.24, 2.45) is 0 Å². The Labute approximate surface area is 164 Å². The number of aryl methyl sites for hydroxylation is 1. The molecule has 0 atom stereocenters. The third-order valence-electron chi connectivity index (χ3n) is 4.60. The number of esters is 1. The first-order valence-electron chi connectivity index (χ1n) is 9.40. The molecule has 28 heavy (non-hydrogen) atoms. The third kappa shape index (κ3) is 4.71. The van der Waals surface area contributed by atoms with E-state index < -0.39 is 5.97 Å². The van der Waals surface area contributed by atoms with Crippen LogP contribution in [0.3, 0.4) is 0 Å². The summed E-state index contributed by atoms with van der Waals surface area (Å²) in [6, 6.07) is 15.7. The molecule has 6 heteroatoms. The average molecular weight is 379 g/mol. The molecule has 0 spiro atoms. The quantitative estimate of drug-likeness (QED) is 0.589. The number of carbonyl (C=O) groups is 2. The summed E-state index contributed by atoms with van der Waals surface area (Å²) in [5, 5.41) is 3.59. The summed E-state index contributed by atoms with van der Waals surface area (Å²) < 4.78 is 5.16. The van der Waals surface area contributed by atoms with Gasteiger partial charge in [0.2, 0.25) is 0 Å². The largest absolute Gasteiger partial charge is 0.452 e. The number of nitrogens with one attached hydrogen (secondary N) is 2. The number of H-pyrrole nitrogens is 1. The average Bonchev–Trinajstić information content (AvgIpc) is 3.13. The van der Waals surface area contributed by atoms with E-state index in [1.807, 2.05) is 30.3 Å². The topological polar surface area (TPSA) is 74.4 Å². The van der Waals surface area contributed by atoms with Gasteiger partial charge in [0.15, 0.2) is 6.61 Å². The van der Waals surface area contributed by atoms with E-state index in [2.05, 4.69) is 47.2 Å². The van der Waals surface area contributed by atoms with Crippen molar-refractivity contribution in [2.45, 2.75) is 13.8 Å². The van der Waals surface area contributed by atoms with Crippen molar-refractivity contribution in [3.05, 3.63) is 65.9 Å². The summed E-state index contributed by atoms with van der Waals surface area (Å²) >= 11 is 0. The Hall–Kier alpha value is -3.28. The number of nitrogens with zero attached hydrogens (tertiary/aromatic N) is 1. The Morgan fingerprint density at radius 1 is 1.14 bits per heavy atom. The molecule has 3 rings (SSSR count). The number of carbonyl (C=O) groups excluding carboxylic acids is 2. The van der Waals surface area contributed by atoms with Crippen LogP contribution in [0.25, 0.3) is 10.9 Å². The minimum absolute atomic E-state index is 0.297. The van der Waals surface area contributed by atoms with E-state index in [4.69, 9.17) is 4.74 Å². The summed E-state index contributed by atoms with van der Waals surface area (Å²) in [6.45, 7) is 5.84. The zero-order chi connectivity index (χ0) is 19.9. The van der Waals surface area contributed by atoms with E-state index in [0.717, 1.165) is 23.1 Å². The van der Waals surface area contributed by atoms with Crippen LogP contribution >= 0.6 is 0 Å². The fraction of sp³-hybridized carbons (Fsp3) is 0.273. The molecule has 0 aliphatic heterocycles. The van der Waals surface area contributed by atoms with Gasteiger partial charge in [-0.25, -0.2) is 4.79 Å². The van der Waals surface area contributed by atoms with E-state index in [9.17, 15) is 9.59 Å². The van der Waals surface area contributed by atoms with Crippen molar-refractivity contribution in [1.29, 1.82) is 0 Å². The van der Waals surface area contributed by atoms with Gasteiger partial charge in [-0.1, -0.05) is 30.3 Å². The van der Waals surface area contributed by atoms with E-state index in [0.29, 0.717) is 18.7 Å². The van der Waals surface area contributed by atoms with Gasteiger partial charge in [-0.2, -0.15) is 0 Å². The van der Waals surface area contributed by atoms with Gasteiger partial charge in [0.1, 0.15) is 0 Å². The maximum Gasteiger partial charge on any atom is 0.340 e. The van der Waals surface area contributed by atoms with Crippen LogP contribution < -0.4 is 10.2 Å². The van der Waals surface area contributed by atoms with Gasteiger partial charge in [-0.15, -0.1) is 0 Å². The molecule has 0 aliphatic carbocycles. The molecule has 0 bridgehead atoms. The van der Waals surface area contributed by atoms with Gasteiger partial charge in [0.05, 0.1) is 5.56 Å². The van der Waals surface area contributed by atoms with Crippen molar-refractivity contribution in [2.75, 3.05) is 31.1 Å². The molecular formula is C22H25N3O3. The third-order valence-corrected chi connectivity index (χ3v) is 4.60. The SMILES string of the molecule is CCN(CCNC(=O)COC(=O)c1c[nH]c2ccccc12)c1cccc(C)c1. The molecule has 0 saturated carbocycles. The van der Waals surface area contributed by atoms with Crippen LogP contribution in [0.1, 0.15) is 22.8 Å². The molecular weight excluding hydrogens is 354 g/mol. The van der Waals surface area contributed by atoms with Crippen molar-refractivity contribution < 1.29 is 14.3 Å². The Kier molecular flexibility index (Phi) is 6.32. The standard InChI is InChI=1S/C22H25N3O3/c1-3-25(17-8-6-7-16(2)13-17)12-11-23-21(26)15-28-22(27)19-14-24-20-10-5-4-9-18(19)20/h4-10,13-14,24H,3,11-12,15H2,1-2H3,(H,23,26). The molecule has 3 aromatic rings. The van der Waals surface area contributed by atoms with Gasteiger partial charge < -0.3 is 19.9 Å². The maximum absolute atomic E-state index is 12.2. The Morgan fingerprint density at radius 2 is 1.96 bits per heavy atom. The number of aromatic amines is 1. The number of hydrogen-bond donors (Lipinski definition) is 2. The normalized spacial score (nSPS) is 10.6. The predicted molar refractivity (Wildman–Crippen MR) is 111 cm³/mol. The van der Waals surface area contributed by atoms with Gasteiger partial charge in [0, 0.05) is 42.4 Å². The molecule has 0 radical (unpaired) electrons. The molecule has 0 unspecified atom stereocenters. The molecule has 2 N–H and O–H groups in total. The molecule has 146 valence electrons. The van der Waals surface area contributed by atoms with Crippen molar-refractivity contribution in [3.8, 4) is 0 Å². The van der Waals surface area contributed by atoms with Crippen LogP contribution in [0.15, 0.2) is 54.7 Å².